The molecule has 2 aromatic heterocycles. The Kier molecular flexibility index (Phi) is 3.02. The van der Waals surface area contributed by atoms with Crippen LogP contribution in [0.4, 0.5) is 0 Å². The molecule has 0 amide bonds. The molecule has 0 saturated heterocycles. The van der Waals surface area contributed by atoms with Gasteiger partial charge in [-0.1, -0.05) is 18.9 Å². The highest BCUT2D eigenvalue weighted by Crippen LogP contribution is 2.42. The van der Waals surface area contributed by atoms with Gasteiger partial charge in [0.15, 0.2) is 0 Å². The molecule has 6 heteroatoms. The predicted molar refractivity (Wildman–Crippen MR) is 87.7 cm³/mol. The van der Waals surface area contributed by atoms with Crippen molar-refractivity contribution in [2.24, 2.45) is 5.92 Å². The van der Waals surface area contributed by atoms with Crippen LogP contribution in [0, 0.1) is 17.2 Å². The maximum Gasteiger partial charge on any atom is 0.135 e. The summed E-state index contributed by atoms with van der Waals surface area (Å²) in [5, 5.41) is 18.8. The van der Waals surface area contributed by atoms with Gasteiger partial charge in [0.05, 0.1) is 29.9 Å². The van der Waals surface area contributed by atoms with Crippen LogP contribution in [0.2, 0.25) is 0 Å². The van der Waals surface area contributed by atoms with E-state index in [-0.39, 0.29) is 6.04 Å². The summed E-state index contributed by atoms with van der Waals surface area (Å²) in [6.45, 7) is 0. The van der Waals surface area contributed by atoms with E-state index in [9.17, 15) is 5.26 Å². The fourth-order valence-corrected chi connectivity index (χ4v) is 4.43. The number of fused-ring (bicyclic) bond motifs is 2. The van der Waals surface area contributed by atoms with Crippen LogP contribution in [0.1, 0.15) is 55.1 Å². The first-order valence-corrected chi connectivity index (χ1v) is 8.71. The highest BCUT2D eigenvalue weighted by molar-refractivity contribution is 5.87. The molecule has 24 heavy (non-hydrogen) atoms. The molecular weight excluding hydrogens is 300 g/mol. The molecule has 1 fully saturated rings. The Morgan fingerprint density at radius 1 is 1.17 bits per heavy atom. The van der Waals surface area contributed by atoms with Crippen molar-refractivity contribution in [1.29, 1.82) is 5.26 Å². The van der Waals surface area contributed by atoms with Crippen molar-refractivity contribution < 1.29 is 0 Å². The molecule has 1 unspecified atom stereocenters. The van der Waals surface area contributed by atoms with Crippen LogP contribution in [-0.4, -0.2) is 25.0 Å². The van der Waals surface area contributed by atoms with Crippen LogP contribution < -0.4 is 0 Å². The number of hydrogen-bond donors (Lipinski definition) is 0. The molecule has 2 aromatic rings. The SMILES string of the molecule is N#CCC(C1CCCC1)n1nc2c(n1)-c1ncnc3c1C(=CC3)C2. The topological polar surface area (TPSA) is 80.3 Å². The summed E-state index contributed by atoms with van der Waals surface area (Å²) in [7, 11) is 0. The van der Waals surface area contributed by atoms with E-state index in [2.05, 4.69) is 22.1 Å². The largest absolute Gasteiger partial charge is 0.240 e. The van der Waals surface area contributed by atoms with Gasteiger partial charge in [-0.05, 0) is 24.3 Å². The summed E-state index contributed by atoms with van der Waals surface area (Å²) in [6, 6.07) is 2.42. The molecule has 6 nitrogen and oxygen atoms in total. The normalized spacial score (nSPS) is 19.5. The molecule has 3 aliphatic carbocycles. The Labute approximate surface area is 140 Å². The first kappa shape index (κ1) is 13.8. The quantitative estimate of drug-likeness (QED) is 0.869. The molecule has 0 spiro atoms. The standard InChI is InChI=1S/C18H18N6/c19-8-7-15(11-3-1-2-4-11)24-22-14-9-12-5-6-13-16(12)18(17(14)23-24)21-10-20-13/h5,10-11,15H,1-4,6-7,9H2. The monoisotopic (exact) mass is 318 g/mol. The Bertz CT molecular complexity index is 881. The number of hydrogen-bond acceptors (Lipinski definition) is 5. The van der Waals surface area contributed by atoms with Crippen LogP contribution in [0.5, 0.6) is 0 Å². The fraction of sp³-hybridized carbons (Fsp3) is 0.500. The summed E-state index contributed by atoms with van der Waals surface area (Å²) in [4.78, 5) is 10.7. The first-order valence-electron chi connectivity index (χ1n) is 8.71. The van der Waals surface area contributed by atoms with Crippen LogP contribution in [0.3, 0.4) is 0 Å². The smallest absolute Gasteiger partial charge is 0.135 e. The van der Waals surface area contributed by atoms with Crippen molar-refractivity contribution in [3.8, 4) is 17.5 Å². The Morgan fingerprint density at radius 2 is 2.04 bits per heavy atom. The fourth-order valence-electron chi connectivity index (χ4n) is 4.43. The molecule has 5 rings (SSSR count). The molecule has 1 atom stereocenters. The summed E-state index contributed by atoms with van der Waals surface area (Å²) in [5.41, 5.74) is 6.32. The van der Waals surface area contributed by atoms with Crippen LogP contribution in [0.15, 0.2) is 12.4 Å². The number of nitriles is 1. The van der Waals surface area contributed by atoms with E-state index in [0.717, 1.165) is 41.2 Å². The van der Waals surface area contributed by atoms with Crippen molar-refractivity contribution in [3.05, 3.63) is 29.4 Å². The average Bonchev–Trinajstić information content (AvgIpc) is 3.33. The minimum absolute atomic E-state index is 0.0863. The summed E-state index contributed by atoms with van der Waals surface area (Å²) < 4.78 is 0. The zero-order chi connectivity index (χ0) is 16.1. The van der Waals surface area contributed by atoms with E-state index in [1.54, 1.807) is 6.33 Å². The van der Waals surface area contributed by atoms with Gasteiger partial charge in [-0.2, -0.15) is 20.3 Å². The second kappa shape index (κ2) is 5.23. The summed E-state index contributed by atoms with van der Waals surface area (Å²) in [5.74, 6) is 0.516. The summed E-state index contributed by atoms with van der Waals surface area (Å²) in [6.07, 6.45) is 10.9. The van der Waals surface area contributed by atoms with E-state index in [1.807, 2.05) is 4.80 Å². The average molecular weight is 318 g/mol. The Hall–Kier alpha value is -2.55. The van der Waals surface area contributed by atoms with Gasteiger partial charge < -0.3 is 0 Å². The lowest BCUT2D eigenvalue weighted by Crippen LogP contribution is -2.19. The molecule has 2 heterocycles. The van der Waals surface area contributed by atoms with Gasteiger partial charge in [0, 0.05) is 18.4 Å². The Balaban J connectivity index is 1.60. The van der Waals surface area contributed by atoms with E-state index in [1.165, 1.54) is 31.3 Å². The number of nitrogens with zero attached hydrogens (tertiary/aromatic N) is 6. The van der Waals surface area contributed by atoms with Gasteiger partial charge in [0.25, 0.3) is 0 Å². The Morgan fingerprint density at radius 3 is 2.88 bits per heavy atom. The minimum Gasteiger partial charge on any atom is -0.240 e. The van der Waals surface area contributed by atoms with Crippen LogP contribution in [-0.2, 0) is 12.8 Å². The molecule has 3 aliphatic rings. The lowest BCUT2D eigenvalue weighted by Gasteiger charge is -2.19. The molecule has 0 aliphatic heterocycles. The third-order valence-electron chi connectivity index (χ3n) is 5.61. The lowest BCUT2D eigenvalue weighted by atomic mass is 9.94. The molecule has 0 radical (unpaired) electrons. The van der Waals surface area contributed by atoms with E-state index < -0.39 is 0 Å². The van der Waals surface area contributed by atoms with Crippen molar-refractivity contribution in [2.45, 2.75) is 51.0 Å². The zero-order valence-electron chi connectivity index (χ0n) is 13.4. The van der Waals surface area contributed by atoms with Gasteiger partial charge in [0.1, 0.15) is 17.7 Å². The predicted octanol–water partition coefficient (Wildman–Crippen LogP) is 2.88. The van der Waals surface area contributed by atoms with Crippen LogP contribution in [0.25, 0.3) is 17.0 Å². The second-order valence-electron chi connectivity index (χ2n) is 6.94. The molecule has 0 N–H and O–H groups in total. The first-order chi connectivity index (χ1) is 11.8. The van der Waals surface area contributed by atoms with Gasteiger partial charge in [0.2, 0.25) is 0 Å². The molecule has 120 valence electrons. The maximum atomic E-state index is 9.26. The molecule has 1 saturated carbocycles. The third-order valence-corrected chi connectivity index (χ3v) is 5.61. The molecule has 0 bridgehead atoms. The van der Waals surface area contributed by atoms with Gasteiger partial charge >= 0.3 is 0 Å². The number of allylic oxidation sites excluding steroid dienone is 2. The van der Waals surface area contributed by atoms with Crippen molar-refractivity contribution in [3.63, 3.8) is 0 Å². The zero-order valence-corrected chi connectivity index (χ0v) is 13.4. The second-order valence-corrected chi connectivity index (χ2v) is 6.94. The highest BCUT2D eigenvalue weighted by atomic mass is 15.5. The minimum atomic E-state index is 0.0863. The lowest BCUT2D eigenvalue weighted by molar-refractivity contribution is 0.286. The molecular formula is C18H18N6. The van der Waals surface area contributed by atoms with Gasteiger partial charge in [-0.3, -0.25) is 0 Å². The van der Waals surface area contributed by atoms with E-state index in [0.29, 0.717) is 12.3 Å². The third kappa shape index (κ3) is 1.94. The van der Waals surface area contributed by atoms with Crippen molar-refractivity contribution >= 4 is 5.57 Å². The van der Waals surface area contributed by atoms with Gasteiger partial charge in [-0.15, -0.1) is 0 Å². The van der Waals surface area contributed by atoms with Crippen LogP contribution >= 0.6 is 0 Å². The van der Waals surface area contributed by atoms with Crippen molar-refractivity contribution in [1.82, 2.24) is 25.0 Å². The number of rotatable bonds is 3. The number of aromatic nitrogens is 5. The summed E-state index contributed by atoms with van der Waals surface area (Å²) >= 11 is 0. The van der Waals surface area contributed by atoms with Crippen molar-refractivity contribution in [2.75, 3.05) is 0 Å². The van der Waals surface area contributed by atoms with E-state index >= 15 is 0 Å². The highest BCUT2D eigenvalue weighted by Gasteiger charge is 2.34. The maximum absolute atomic E-state index is 9.26. The van der Waals surface area contributed by atoms with Gasteiger partial charge in [-0.25, -0.2) is 9.97 Å². The molecule has 0 aromatic carbocycles. The van der Waals surface area contributed by atoms with E-state index in [4.69, 9.17) is 10.2 Å².